The van der Waals surface area contributed by atoms with Gasteiger partial charge >= 0.3 is 0 Å². The number of benzene rings is 2. The third kappa shape index (κ3) is 4.01. The average Bonchev–Trinajstić information content (AvgIpc) is 3.26. The van der Waals surface area contributed by atoms with Gasteiger partial charge in [0.05, 0.1) is 12.2 Å². The predicted octanol–water partition coefficient (Wildman–Crippen LogP) is 4.83. The zero-order valence-corrected chi connectivity index (χ0v) is 18.1. The summed E-state index contributed by atoms with van der Waals surface area (Å²) >= 11 is 0. The summed E-state index contributed by atoms with van der Waals surface area (Å²) in [5.74, 6) is 0.726. The number of hydrogen-bond acceptors (Lipinski definition) is 4. The third-order valence-corrected chi connectivity index (χ3v) is 6.20. The molecule has 6 heteroatoms. The summed E-state index contributed by atoms with van der Waals surface area (Å²) in [6.45, 7) is 5.63. The molecule has 1 fully saturated rings. The second kappa shape index (κ2) is 8.93. The Balaban J connectivity index is 1.39. The van der Waals surface area contributed by atoms with Crippen LogP contribution in [-0.4, -0.2) is 46.3 Å². The molecule has 5 rings (SSSR count). The van der Waals surface area contributed by atoms with Crippen LogP contribution in [0.2, 0.25) is 0 Å². The Morgan fingerprint density at radius 2 is 1.66 bits per heavy atom. The second-order valence-corrected chi connectivity index (χ2v) is 8.17. The lowest BCUT2D eigenvalue weighted by molar-refractivity contribution is 0.211. The van der Waals surface area contributed by atoms with E-state index >= 15 is 0 Å². The fraction of sp³-hybridized carbons (Fsp3) is 0.231. The molecule has 0 radical (unpaired) electrons. The van der Waals surface area contributed by atoms with E-state index < -0.39 is 0 Å². The molecule has 0 bridgehead atoms. The van der Waals surface area contributed by atoms with Crippen molar-refractivity contribution in [1.29, 1.82) is 0 Å². The number of nitrogens with zero attached hydrogens (tertiary/aromatic N) is 4. The molecule has 1 saturated heterocycles. The predicted molar refractivity (Wildman–Crippen MR) is 125 cm³/mol. The van der Waals surface area contributed by atoms with Crippen LogP contribution in [0.4, 0.5) is 10.2 Å². The van der Waals surface area contributed by atoms with Crippen LogP contribution in [-0.2, 0) is 0 Å². The Morgan fingerprint density at radius 1 is 0.906 bits per heavy atom. The van der Waals surface area contributed by atoms with Gasteiger partial charge in [0.15, 0.2) is 0 Å². The van der Waals surface area contributed by atoms with Crippen molar-refractivity contribution in [3.8, 4) is 11.1 Å². The van der Waals surface area contributed by atoms with Crippen LogP contribution in [0.1, 0.15) is 22.9 Å². The number of halogens is 1. The van der Waals surface area contributed by atoms with Crippen molar-refractivity contribution in [1.82, 2.24) is 20.1 Å². The van der Waals surface area contributed by atoms with Crippen molar-refractivity contribution in [2.45, 2.75) is 13.0 Å². The molecular weight excluding hydrogens is 401 g/mol. The van der Waals surface area contributed by atoms with Gasteiger partial charge in [-0.25, -0.2) is 9.37 Å². The number of aryl methyl sites for hydroxylation is 1. The lowest BCUT2D eigenvalue weighted by Crippen LogP contribution is -2.48. The summed E-state index contributed by atoms with van der Waals surface area (Å²) in [7, 11) is 0. The topological polar surface area (TPSA) is 48.1 Å². The van der Waals surface area contributed by atoms with Crippen molar-refractivity contribution >= 4 is 5.82 Å². The van der Waals surface area contributed by atoms with Crippen LogP contribution in [0.5, 0.6) is 0 Å². The SMILES string of the molecule is Cc1[nH]ncc1C(c1ccccc1)N1CCN(c2ncccc2-c2ccc(F)cc2)CC1. The van der Waals surface area contributed by atoms with Gasteiger partial charge in [-0.1, -0.05) is 42.5 Å². The lowest BCUT2D eigenvalue weighted by atomic mass is 9.97. The standard InChI is InChI=1S/C26H26FN5/c1-19-24(18-29-30-19)25(21-6-3-2-4-7-21)31-14-16-32(17-15-31)26-23(8-5-13-28-26)20-9-11-22(27)12-10-20/h2-13,18,25H,14-17H2,1H3,(H,29,30). The van der Waals surface area contributed by atoms with Crippen molar-refractivity contribution in [2.24, 2.45) is 0 Å². The number of nitrogens with one attached hydrogen (secondary N) is 1. The maximum Gasteiger partial charge on any atom is 0.136 e. The highest BCUT2D eigenvalue weighted by molar-refractivity contribution is 5.75. The largest absolute Gasteiger partial charge is 0.354 e. The van der Waals surface area contributed by atoms with Crippen LogP contribution in [0, 0.1) is 12.7 Å². The van der Waals surface area contributed by atoms with Crippen molar-refractivity contribution in [3.63, 3.8) is 0 Å². The van der Waals surface area contributed by atoms with Gasteiger partial charge in [0.1, 0.15) is 11.6 Å². The summed E-state index contributed by atoms with van der Waals surface area (Å²) in [6.07, 6.45) is 3.78. The molecule has 0 spiro atoms. The van der Waals surface area contributed by atoms with Gasteiger partial charge in [0, 0.05) is 49.2 Å². The molecule has 0 saturated carbocycles. The van der Waals surface area contributed by atoms with Gasteiger partial charge < -0.3 is 4.90 Å². The fourth-order valence-electron chi connectivity index (χ4n) is 4.55. The normalized spacial score (nSPS) is 15.6. The summed E-state index contributed by atoms with van der Waals surface area (Å²) in [5, 5.41) is 7.38. The molecule has 2 aromatic heterocycles. The number of aromatic amines is 1. The first-order valence-corrected chi connectivity index (χ1v) is 11.0. The average molecular weight is 428 g/mol. The molecule has 2 aromatic carbocycles. The van der Waals surface area contributed by atoms with Crippen molar-refractivity contribution < 1.29 is 4.39 Å². The highest BCUT2D eigenvalue weighted by atomic mass is 19.1. The van der Waals surface area contributed by atoms with Crippen molar-refractivity contribution in [2.75, 3.05) is 31.1 Å². The van der Waals surface area contributed by atoms with Gasteiger partial charge in [-0.2, -0.15) is 5.10 Å². The molecule has 162 valence electrons. The Labute approximate surface area is 187 Å². The van der Waals surface area contributed by atoms with Crippen LogP contribution in [0.3, 0.4) is 0 Å². The molecule has 1 atom stereocenters. The fourth-order valence-corrected chi connectivity index (χ4v) is 4.55. The highest BCUT2D eigenvalue weighted by Crippen LogP contribution is 2.33. The zero-order valence-electron chi connectivity index (χ0n) is 18.1. The van der Waals surface area contributed by atoms with Crippen LogP contribution in [0.15, 0.2) is 79.1 Å². The molecule has 1 aliphatic heterocycles. The quantitative estimate of drug-likeness (QED) is 0.496. The Morgan fingerprint density at radius 3 is 2.34 bits per heavy atom. The van der Waals surface area contributed by atoms with E-state index in [1.165, 1.54) is 23.3 Å². The number of piperazine rings is 1. The molecule has 4 aromatic rings. The molecule has 3 heterocycles. The van der Waals surface area contributed by atoms with E-state index in [0.717, 1.165) is 48.8 Å². The first-order valence-electron chi connectivity index (χ1n) is 11.0. The molecule has 32 heavy (non-hydrogen) atoms. The molecule has 1 aliphatic rings. The second-order valence-electron chi connectivity index (χ2n) is 8.17. The number of hydrogen-bond donors (Lipinski definition) is 1. The van der Waals surface area contributed by atoms with Gasteiger partial charge in [-0.3, -0.25) is 10.00 Å². The number of anilines is 1. The van der Waals surface area contributed by atoms with E-state index in [1.54, 1.807) is 0 Å². The highest BCUT2D eigenvalue weighted by Gasteiger charge is 2.29. The molecule has 1 N–H and O–H groups in total. The monoisotopic (exact) mass is 427 g/mol. The lowest BCUT2D eigenvalue weighted by Gasteiger charge is -2.40. The Hall–Kier alpha value is -3.51. The summed E-state index contributed by atoms with van der Waals surface area (Å²) < 4.78 is 13.4. The van der Waals surface area contributed by atoms with Gasteiger partial charge in [0.2, 0.25) is 0 Å². The maximum atomic E-state index is 13.4. The Kier molecular flexibility index (Phi) is 5.69. The van der Waals surface area contributed by atoms with Crippen LogP contribution in [0.25, 0.3) is 11.1 Å². The van der Waals surface area contributed by atoms with E-state index in [0.29, 0.717) is 0 Å². The first kappa shape index (κ1) is 20.4. The zero-order chi connectivity index (χ0) is 21.9. The molecule has 0 aliphatic carbocycles. The minimum absolute atomic E-state index is 0.164. The molecule has 5 nitrogen and oxygen atoms in total. The van der Waals surface area contributed by atoms with E-state index in [-0.39, 0.29) is 11.9 Å². The summed E-state index contributed by atoms with van der Waals surface area (Å²) in [6, 6.07) is 21.4. The van der Waals surface area contributed by atoms with Gasteiger partial charge in [0.25, 0.3) is 0 Å². The smallest absolute Gasteiger partial charge is 0.136 e. The minimum Gasteiger partial charge on any atom is -0.354 e. The number of pyridine rings is 1. The van der Waals surface area contributed by atoms with Crippen LogP contribution >= 0.6 is 0 Å². The summed E-state index contributed by atoms with van der Waals surface area (Å²) in [5.41, 5.74) is 5.61. The molecule has 0 amide bonds. The van der Waals surface area contributed by atoms with Gasteiger partial charge in [-0.05, 0) is 42.3 Å². The minimum atomic E-state index is -0.228. The first-order chi connectivity index (χ1) is 15.7. The maximum absolute atomic E-state index is 13.4. The number of H-pyrrole nitrogens is 1. The number of rotatable bonds is 5. The van der Waals surface area contributed by atoms with Crippen molar-refractivity contribution in [3.05, 3.63) is 102 Å². The van der Waals surface area contributed by atoms with E-state index in [2.05, 4.69) is 63.3 Å². The molecular formula is C26H26FN5. The van der Waals surface area contributed by atoms with E-state index in [4.69, 9.17) is 4.98 Å². The van der Waals surface area contributed by atoms with E-state index in [1.807, 2.05) is 30.6 Å². The van der Waals surface area contributed by atoms with E-state index in [9.17, 15) is 4.39 Å². The van der Waals surface area contributed by atoms with Gasteiger partial charge in [-0.15, -0.1) is 0 Å². The molecule has 1 unspecified atom stereocenters. The Bertz CT molecular complexity index is 1160. The van der Waals surface area contributed by atoms with Crippen LogP contribution < -0.4 is 4.90 Å². The third-order valence-electron chi connectivity index (χ3n) is 6.20. The summed E-state index contributed by atoms with van der Waals surface area (Å²) in [4.78, 5) is 9.54. The number of aromatic nitrogens is 3.